The molecule has 0 fully saturated rings. The average Bonchev–Trinajstić information content (AvgIpc) is 2.15. The van der Waals surface area contributed by atoms with Gasteiger partial charge in [-0.3, -0.25) is 0 Å². The second-order valence-electron chi connectivity index (χ2n) is 1.49. The lowest BCUT2D eigenvalue weighted by atomic mass is 10.5. The lowest BCUT2D eigenvalue weighted by Gasteiger charge is -1.93. The molecule has 0 heterocycles. The summed E-state index contributed by atoms with van der Waals surface area (Å²) < 4.78 is 0. The van der Waals surface area contributed by atoms with Gasteiger partial charge >= 0.3 is 0 Å². The van der Waals surface area contributed by atoms with Gasteiger partial charge in [0.25, 0.3) is 0 Å². The molecular weight excluding hydrogens is 168 g/mol. The van der Waals surface area contributed by atoms with Crippen LogP contribution in [0.1, 0.15) is 13.8 Å². The van der Waals surface area contributed by atoms with Gasteiger partial charge in [0, 0.05) is 4.91 Å². The van der Waals surface area contributed by atoms with Crippen LogP contribution >= 0.6 is 11.8 Å². The molecule has 0 rings (SSSR count). The van der Waals surface area contributed by atoms with Gasteiger partial charge in [-0.05, 0) is 6.08 Å². The number of thioether (sulfide) groups is 1. The fourth-order valence-electron chi connectivity index (χ4n) is 0.421. The van der Waals surface area contributed by atoms with E-state index in [-0.39, 0.29) is 0 Å². The lowest BCUT2D eigenvalue weighted by molar-refractivity contribution is -0.105. The highest BCUT2D eigenvalue weighted by Gasteiger charge is 1.88. The van der Waals surface area contributed by atoms with Crippen LogP contribution in [0.4, 0.5) is 0 Å². The van der Waals surface area contributed by atoms with Crippen LogP contribution < -0.4 is 0 Å². The number of carbonyl (C=O) groups excluding carboxylic acids is 1. The summed E-state index contributed by atoms with van der Waals surface area (Å²) >= 11 is 1.45. The van der Waals surface area contributed by atoms with Crippen molar-refractivity contribution in [2.24, 2.45) is 0 Å². The third-order valence-electron chi connectivity index (χ3n) is 0.801. The molecule has 0 aliphatic carbocycles. The van der Waals surface area contributed by atoms with E-state index in [0.29, 0.717) is 5.75 Å². The van der Waals surface area contributed by atoms with Crippen molar-refractivity contribution in [2.45, 2.75) is 13.8 Å². The van der Waals surface area contributed by atoms with Gasteiger partial charge in [-0.25, -0.2) is 0 Å². The van der Waals surface area contributed by atoms with Gasteiger partial charge in [-0.1, -0.05) is 39.2 Å². The van der Waals surface area contributed by atoms with Crippen LogP contribution in [-0.2, 0) is 4.79 Å². The number of hydrogen-bond donors (Lipinski definition) is 0. The largest absolute Gasteiger partial charge is 0.302 e. The molecule has 0 aromatic heterocycles. The molecular formula is C10H16OS. The zero-order valence-electron chi connectivity index (χ0n) is 7.75. The normalized spacial score (nSPS) is 9.33. The Labute approximate surface area is 79.2 Å². The third-order valence-corrected chi connectivity index (χ3v) is 1.74. The van der Waals surface area contributed by atoms with Crippen molar-refractivity contribution in [1.29, 1.82) is 0 Å². The van der Waals surface area contributed by atoms with Crippen LogP contribution in [-0.4, -0.2) is 12.0 Å². The number of rotatable bonds is 5. The minimum absolute atomic E-state index is 0.478. The molecule has 0 aliphatic heterocycles. The van der Waals surface area contributed by atoms with Crippen molar-refractivity contribution >= 4 is 18.0 Å². The SMILES string of the molecule is C=C/C=C(\C=C)SCC=O.CC. The maximum atomic E-state index is 9.92. The second kappa shape index (κ2) is 12.9. The van der Waals surface area contributed by atoms with E-state index in [1.165, 1.54) is 11.8 Å². The summed E-state index contributed by atoms with van der Waals surface area (Å²) in [5.74, 6) is 0.478. The molecule has 1 nitrogen and oxygen atoms in total. The average molecular weight is 184 g/mol. The Hall–Kier alpha value is -0.760. The summed E-state index contributed by atoms with van der Waals surface area (Å²) in [5, 5.41) is 0. The van der Waals surface area contributed by atoms with Crippen LogP contribution in [0.5, 0.6) is 0 Å². The molecule has 0 bridgehead atoms. The lowest BCUT2D eigenvalue weighted by Crippen LogP contribution is -1.77. The van der Waals surface area contributed by atoms with Crippen molar-refractivity contribution in [1.82, 2.24) is 0 Å². The first-order chi connectivity index (χ1) is 5.85. The summed E-state index contributed by atoms with van der Waals surface area (Å²) in [6, 6.07) is 0. The van der Waals surface area contributed by atoms with Crippen molar-refractivity contribution < 1.29 is 4.79 Å². The van der Waals surface area contributed by atoms with Gasteiger partial charge < -0.3 is 4.79 Å². The Morgan fingerprint density at radius 2 is 2.00 bits per heavy atom. The predicted molar refractivity (Wildman–Crippen MR) is 58.3 cm³/mol. The van der Waals surface area contributed by atoms with Crippen molar-refractivity contribution in [3.05, 3.63) is 36.3 Å². The maximum absolute atomic E-state index is 9.92. The van der Waals surface area contributed by atoms with Crippen LogP contribution in [0.15, 0.2) is 36.3 Å². The van der Waals surface area contributed by atoms with E-state index in [1.807, 2.05) is 19.9 Å². The quantitative estimate of drug-likeness (QED) is 0.482. The van der Waals surface area contributed by atoms with E-state index >= 15 is 0 Å². The number of aldehydes is 1. The van der Waals surface area contributed by atoms with Gasteiger partial charge in [0.1, 0.15) is 6.29 Å². The van der Waals surface area contributed by atoms with E-state index < -0.39 is 0 Å². The predicted octanol–water partition coefficient (Wildman–Crippen LogP) is 3.20. The molecule has 0 N–H and O–H groups in total. The first-order valence-corrected chi connectivity index (χ1v) is 4.85. The number of carbonyl (C=O) groups is 1. The van der Waals surface area contributed by atoms with Crippen LogP contribution in [0.3, 0.4) is 0 Å². The molecule has 0 atom stereocenters. The van der Waals surface area contributed by atoms with Crippen LogP contribution in [0, 0.1) is 0 Å². The van der Waals surface area contributed by atoms with E-state index in [2.05, 4.69) is 13.2 Å². The summed E-state index contributed by atoms with van der Waals surface area (Å²) in [5.41, 5.74) is 0. The fourth-order valence-corrected chi connectivity index (χ4v) is 0.992. The zero-order chi connectivity index (χ0) is 9.82. The summed E-state index contributed by atoms with van der Waals surface area (Å²) in [6.07, 6.45) is 6.07. The van der Waals surface area contributed by atoms with Crippen LogP contribution in [0.2, 0.25) is 0 Å². The first kappa shape index (κ1) is 13.8. The molecule has 0 saturated carbocycles. The van der Waals surface area contributed by atoms with E-state index in [0.717, 1.165) is 11.2 Å². The molecule has 0 aromatic carbocycles. The first-order valence-electron chi connectivity index (χ1n) is 3.86. The molecule has 0 radical (unpaired) electrons. The summed E-state index contributed by atoms with van der Waals surface area (Å²) in [7, 11) is 0. The standard InChI is InChI=1S/C8H10OS.C2H6/c1-3-5-8(4-2)10-7-6-9;1-2/h3-6H,1-2,7H2;1-2H3/b8-5+;. The molecule has 68 valence electrons. The van der Waals surface area contributed by atoms with E-state index in [1.54, 1.807) is 12.2 Å². The minimum atomic E-state index is 0.478. The monoisotopic (exact) mass is 184 g/mol. The van der Waals surface area contributed by atoms with Crippen LogP contribution in [0.25, 0.3) is 0 Å². The molecule has 2 heteroatoms. The Morgan fingerprint density at radius 3 is 2.33 bits per heavy atom. The van der Waals surface area contributed by atoms with Gasteiger partial charge in [0.2, 0.25) is 0 Å². The highest BCUT2D eigenvalue weighted by atomic mass is 32.2. The molecule has 0 saturated heterocycles. The summed E-state index contributed by atoms with van der Waals surface area (Å²) in [4.78, 5) is 10.9. The molecule has 0 unspecified atom stereocenters. The molecule has 0 spiro atoms. The molecule has 0 amide bonds. The van der Waals surface area contributed by atoms with Gasteiger partial charge in [-0.15, -0.1) is 11.8 Å². The smallest absolute Gasteiger partial charge is 0.130 e. The topological polar surface area (TPSA) is 17.1 Å². The van der Waals surface area contributed by atoms with Gasteiger partial charge in [0.05, 0.1) is 5.75 Å². The van der Waals surface area contributed by atoms with Crippen molar-refractivity contribution in [3.8, 4) is 0 Å². The second-order valence-corrected chi connectivity index (χ2v) is 2.58. The Morgan fingerprint density at radius 1 is 1.42 bits per heavy atom. The van der Waals surface area contributed by atoms with Crippen molar-refractivity contribution in [2.75, 3.05) is 5.75 Å². The van der Waals surface area contributed by atoms with Gasteiger partial charge in [0.15, 0.2) is 0 Å². The molecule has 0 aliphatic rings. The third kappa shape index (κ3) is 9.24. The number of hydrogen-bond acceptors (Lipinski definition) is 2. The van der Waals surface area contributed by atoms with E-state index in [9.17, 15) is 4.79 Å². The Bertz CT molecular complexity index is 159. The highest BCUT2D eigenvalue weighted by Crippen LogP contribution is 2.14. The van der Waals surface area contributed by atoms with Gasteiger partial charge in [-0.2, -0.15) is 0 Å². The molecule has 0 aromatic rings. The Balaban J connectivity index is 0. The summed E-state index contributed by atoms with van der Waals surface area (Å²) in [6.45, 7) is 11.1. The number of allylic oxidation sites excluding steroid dienone is 3. The fraction of sp³-hybridized carbons (Fsp3) is 0.300. The minimum Gasteiger partial charge on any atom is -0.302 e. The Kier molecular flexibility index (Phi) is 14.8. The highest BCUT2D eigenvalue weighted by molar-refractivity contribution is 8.03. The zero-order valence-corrected chi connectivity index (χ0v) is 8.56. The molecule has 12 heavy (non-hydrogen) atoms. The van der Waals surface area contributed by atoms with Crippen molar-refractivity contribution in [3.63, 3.8) is 0 Å². The van der Waals surface area contributed by atoms with E-state index in [4.69, 9.17) is 0 Å². The maximum Gasteiger partial charge on any atom is 0.130 e.